The van der Waals surface area contributed by atoms with Crippen molar-refractivity contribution < 1.29 is 26.7 Å². The zero-order valence-electron chi connectivity index (χ0n) is 14.2. The normalized spacial score (nSPS) is 26.2. The predicted octanol–water partition coefficient (Wildman–Crippen LogP) is 2.13. The number of carbonyl (C=O) groups is 1. The van der Waals surface area contributed by atoms with Gasteiger partial charge in [0.1, 0.15) is 11.9 Å². The average Bonchev–Trinajstić information content (AvgIpc) is 3.03. The second kappa shape index (κ2) is 6.26. The summed E-state index contributed by atoms with van der Waals surface area (Å²) in [7, 11) is -2.46. The van der Waals surface area contributed by atoms with Gasteiger partial charge in [-0.25, -0.2) is 4.79 Å². The molecule has 9 heteroatoms. The van der Waals surface area contributed by atoms with Crippen molar-refractivity contribution >= 4 is 27.3 Å². The number of carbonyl (C=O) groups excluding carboxylic acids is 1. The maximum absolute atomic E-state index is 12.6. The van der Waals surface area contributed by atoms with Crippen molar-refractivity contribution in [2.45, 2.75) is 43.9 Å². The minimum absolute atomic E-state index is 0.0475. The van der Waals surface area contributed by atoms with Gasteiger partial charge in [-0.2, -0.15) is 8.42 Å². The fourth-order valence-corrected chi connectivity index (χ4v) is 4.47. The third kappa shape index (κ3) is 3.29. The molecule has 2 fully saturated rings. The quantitative estimate of drug-likeness (QED) is 0.618. The van der Waals surface area contributed by atoms with Crippen LogP contribution in [0.3, 0.4) is 0 Å². The summed E-state index contributed by atoms with van der Waals surface area (Å²) in [5.74, 6) is -0.442. The zero-order valence-corrected chi connectivity index (χ0v) is 15.0. The van der Waals surface area contributed by atoms with Crippen LogP contribution in [0.2, 0.25) is 0 Å². The van der Waals surface area contributed by atoms with Gasteiger partial charge in [-0.15, -0.1) is 0 Å². The molecule has 26 heavy (non-hydrogen) atoms. The van der Waals surface area contributed by atoms with Crippen LogP contribution in [-0.4, -0.2) is 54.1 Å². The van der Waals surface area contributed by atoms with Gasteiger partial charge < -0.3 is 18.8 Å². The van der Waals surface area contributed by atoms with Gasteiger partial charge >= 0.3 is 16.4 Å². The van der Waals surface area contributed by atoms with Crippen LogP contribution in [0.25, 0.3) is 10.9 Å². The Morgan fingerprint density at radius 2 is 1.96 bits per heavy atom. The SMILES string of the molecule is CN1[C@@H]2CC[C@H]1CC(OC(=O)c1c[nH]c3cc(OS(=O)(=O)O)ccc13)C2. The topological polar surface area (TPSA) is 109 Å². The maximum atomic E-state index is 12.6. The van der Waals surface area contributed by atoms with Gasteiger partial charge in [0.25, 0.3) is 0 Å². The van der Waals surface area contributed by atoms with E-state index >= 15 is 0 Å². The van der Waals surface area contributed by atoms with E-state index in [0.717, 1.165) is 25.7 Å². The first-order chi connectivity index (χ1) is 12.3. The Kier molecular flexibility index (Phi) is 4.17. The summed E-state index contributed by atoms with van der Waals surface area (Å²) < 4.78 is 40.5. The van der Waals surface area contributed by atoms with Gasteiger partial charge in [-0.3, -0.25) is 4.55 Å². The molecule has 1 aromatic carbocycles. The molecule has 2 aliphatic heterocycles. The van der Waals surface area contributed by atoms with E-state index in [4.69, 9.17) is 9.29 Å². The third-order valence-corrected chi connectivity index (χ3v) is 5.81. The Labute approximate surface area is 151 Å². The molecule has 2 saturated heterocycles. The molecule has 0 aliphatic carbocycles. The van der Waals surface area contributed by atoms with Crippen LogP contribution in [0.15, 0.2) is 24.4 Å². The summed E-state index contributed by atoms with van der Waals surface area (Å²) in [6.07, 6.45) is 5.47. The smallest absolute Gasteiger partial charge is 0.446 e. The van der Waals surface area contributed by atoms with Gasteiger partial charge in [0.05, 0.1) is 11.1 Å². The van der Waals surface area contributed by atoms with Crippen LogP contribution in [0.1, 0.15) is 36.0 Å². The summed E-state index contributed by atoms with van der Waals surface area (Å²) in [6.45, 7) is 0. The van der Waals surface area contributed by atoms with Gasteiger partial charge in [0, 0.05) is 42.6 Å². The van der Waals surface area contributed by atoms with Crippen LogP contribution < -0.4 is 4.18 Å². The Balaban J connectivity index is 1.50. The number of aromatic amines is 1. The molecule has 1 unspecified atom stereocenters. The molecule has 8 nitrogen and oxygen atoms in total. The number of nitrogens with zero attached hydrogens (tertiary/aromatic N) is 1. The molecule has 3 heterocycles. The molecule has 3 atom stereocenters. The van der Waals surface area contributed by atoms with Crippen molar-refractivity contribution in [3.05, 3.63) is 30.0 Å². The van der Waals surface area contributed by atoms with Crippen molar-refractivity contribution in [3.8, 4) is 5.75 Å². The first kappa shape index (κ1) is 17.3. The first-order valence-electron chi connectivity index (χ1n) is 8.51. The number of nitrogens with one attached hydrogen (secondary N) is 1. The largest absolute Gasteiger partial charge is 0.459 e. The third-order valence-electron chi connectivity index (χ3n) is 5.40. The lowest BCUT2D eigenvalue weighted by Crippen LogP contribution is -2.43. The van der Waals surface area contributed by atoms with Crippen LogP contribution in [0, 0.1) is 0 Å². The highest BCUT2D eigenvalue weighted by Gasteiger charge is 2.40. The average molecular weight is 380 g/mol. The number of fused-ring (bicyclic) bond motifs is 3. The van der Waals surface area contributed by atoms with Crippen molar-refractivity contribution in [2.75, 3.05) is 7.05 Å². The van der Waals surface area contributed by atoms with E-state index in [1.807, 2.05) is 0 Å². The van der Waals surface area contributed by atoms with Crippen molar-refractivity contribution in [3.63, 3.8) is 0 Å². The van der Waals surface area contributed by atoms with E-state index in [1.165, 1.54) is 18.3 Å². The second-order valence-corrected chi connectivity index (χ2v) is 7.99. The predicted molar refractivity (Wildman–Crippen MR) is 93.5 cm³/mol. The van der Waals surface area contributed by atoms with Crippen molar-refractivity contribution in [1.82, 2.24) is 9.88 Å². The number of ether oxygens (including phenoxy) is 1. The molecule has 2 aliphatic rings. The molecule has 0 radical (unpaired) electrons. The number of aromatic nitrogens is 1. The molecule has 1 aromatic heterocycles. The van der Waals surface area contributed by atoms with Crippen LogP contribution in [0.4, 0.5) is 0 Å². The van der Waals surface area contributed by atoms with E-state index < -0.39 is 16.4 Å². The summed E-state index contributed by atoms with van der Waals surface area (Å²) in [6, 6.07) is 5.29. The highest BCUT2D eigenvalue weighted by atomic mass is 32.3. The van der Waals surface area contributed by atoms with Gasteiger partial charge in [-0.05, 0) is 32.0 Å². The highest BCUT2D eigenvalue weighted by Crippen LogP contribution is 2.36. The number of hydrogen-bond donors (Lipinski definition) is 2. The lowest BCUT2D eigenvalue weighted by Gasteiger charge is -2.35. The number of benzene rings is 1. The molecule has 0 spiro atoms. The molecule has 0 amide bonds. The van der Waals surface area contributed by atoms with Gasteiger partial charge in [0.15, 0.2) is 0 Å². The van der Waals surface area contributed by atoms with Crippen molar-refractivity contribution in [2.24, 2.45) is 0 Å². The summed E-state index contributed by atoms with van der Waals surface area (Å²) in [4.78, 5) is 17.9. The fourth-order valence-electron chi connectivity index (χ4n) is 4.12. The van der Waals surface area contributed by atoms with Crippen LogP contribution in [-0.2, 0) is 15.1 Å². The Bertz CT molecular complexity index is 939. The van der Waals surface area contributed by atoms with E-state index in [0.29, 0.717) is 28.6 Å². The number of H-pyrrole nitrogens is 1. The number of rotatable bonds is 4. The summed E-state index contributed by atoms with van der Waals surface area (Å²) >= 11 is 0. The van der Waals surface area contributed by atoms with Gasteiger partial charge in [0.2, 0.25) is 0 Å². The fraction of sp³-hybridized carbons (Fsp3) is 0.471. The highest BCUT2D eigenvalue weighted by molar-refractivity contribution is 7.81. The maximum Gasteiger partial charge on any atom is 0.446 e. The minimum atomic E-state index is -4.59. The molecule has 2 bridgehead atoms. The molecule has 0 saturated carbocycles. The number of esters is 1. The zero-order chi connectivity index (χ0) is 18.5. The lowest BCUT2D eigenvalue weighted by molar-refractivity contribution is -0.000265. The Morgan fingerprint density at radius 3 is 2.62 bits per heavy atom. The Morgan fingerprint density at radius 1 is 1.27 bits per heavy atom. The van der Waals surface area contributed by atoms with Crippen LogP contribution in [0.5, 0.6) is 5.75 Å². The monoisotopic (exact) mass is 380 g/mol. The molecular weight excluding hydrogens is 360 g/mol. The molecule has 2 aromatic rings. The molecule has 140 valence electrons. The van der Waals surface area contributed by atoms with Crippen LogP contribution >= 0.6 is 0 Å². The van der Waals surface area contributed by atoms with Gasteiger partial charge in [-0.1, -0.05) is 0 Å². The first-order valence-corrected chi connectivity index (χ1v) is 9.87. The standard InChI is InChI=1S/C17H20N2O6S/c1-19-10-2-3-11(19)7-13(6-10)24-17(20)15-9-18-16-8-12(4-5-14(15)16)25-26(21,22)23/h4-5,8-11,13,18H,2-3,6-7H2,1H3,(H,21,22,23)/t10-,11+,13?. The molecular formula is C17H20N2O6S. The van der Waals surface area contributed by atoms with E-state index in [9.17, 15) is 13.2 Å². The number of hydrogen-bond acceptors (Lipinski definition) is 6. The molecule has 2 N–H and O–H groups in total. The number of piperidine rings is 1. The molecule has 4 rings (SSSR count). The van der Waals surface area contributed by atoms with E-state index in [2.05, 4.69) is 21.1 Å². The summed E-state index contributed by atoms with van der Waals surface area (Å²) in [5.41, 5.74) is 0.909. The second-order valence-electron chi connectivity index (χ2n) is 6.97. The van der Waals surface area contributed by atoms with E-state index in [1.54, 1.807) is 6.07 Å². The summed E-state index contributed by atoms with van der Waals surface area (Å²) in [5, 5.41) is 0.605. The lowest BCUT2D eigenvalue weighted by atomic mass is 10.0. The Hall–Kier alpha value is -2.10. The van der Waals surface area contributed by atoms with Crippen molar-refractivity contribution in [1.29, 1.82) is 0 Å². The minimum Gasteiger partial charge on any atom is -0.459 e. The van der Waals surface area contributed by atoms with E-state index in [-0.39, 0.29) is 11.9 Å².